The molecule has 2 aliphatic heterocycles. The maximum atomic E-state index is 14.3. The summed E-state index contributed by atoms with van der Waals surface area (Å²) in [6.07, 6.45) is 6.12. The van der Waals surface area contributed by atoms with Crippen molar-refractivity contribution < 1.29 is 14.0 Å². The van der Waals surface area contributed by atoms with E-state index in [4.69, 9.17) is 9.97 Å². The molecule has 4 aromatic rings. The number of nitrogens with zero attached hydrogens (tertiary/aromatic N) is 5. The van der Waals surface area contributed by atoms with E-state index in [0.29, 0.717) is 42.2 Å². The molecule has 2 fully saturated rings. The van der Waals surface area contributed by atoms with Gasteiger partial charge in [-0.05, 0) is 69.3 Å². The van der Waals surface area contributed by atoms with Gasteiger partial charge in [-0.15, -0.1) is 0 Å². The Balaban J connectivity index is 1.23. The van der Waals surface area contributed by atoms with Crippen LogP contribution in [0.3, 0.4) is 0 Å². The highest BCUT2D eigenvalue weighted by atomic mass is 19.1. The summed E-state index contributed by atoms with van der Waals surface area (Å²) in [6, 6.07) is 7.14. The molecule has 1 aliphatic carbocycles. The van der Waals surface area contributed by atoms with Crippen LogP contribution in [0.2, 0.25) is 0 Å². The monoisotopic (exact) mass is 572 g/mol. The van der Waals surface area contributed by atoms with E-state index in [1.807, 2.05) is 24.6 Å². The second-order valence-corrected chi connectivity index (χ2v) is 12.2. The van der Waals surface area contributed by atoms with Crippen LogP contribution in [0.15, 0.2) is 30.5 Å². The molecule has 11 heteroatoms. The third-order valence-corrected chi connectivity index (χ3v) is 9.20. The minimum absolute atomic E-state index is 0.141. The number of pyridine rings is 2. The molecule has 3 aliphatic rings. The summed E-state index contributed by atoms with van der Waals surface area (Å²) in [7, 11) is 1.93. The molecule has 10 nitrogen and oxygen atoms in total. The fourth-order valence-electron chi connectivity index (χ4n) is 6.58. The number of halogens is 1. The molecule has 220 valence electrons. The van der Waals surface area contributed by atoms with Crippen molar-refractivity contribution in [1.82, 2.24) is 40.0 Å². The number of fused-ring (bicyclic) bond motifs is 3. The SMILES string of the molecule is C[C@H]1NC(=O)[C@@H]2C[C@H]2CCCCCn2c(-c3nc4cc(C(=O)NC5CNCC[C@@H]5F)cnc4n3C)cc3ccc1nc32. The van der Waals surface area contributed by atoms with E-state index in [9.17, 15) is 14.0 Å². The molecule has 5 atom stereocenters. The number of nitrogens with one attached hydrogen (secondary N) is 3. The van der Waals surface area contributed by atoms with E-state index < -0.39 is 12.2 Å². The Kier molecular flexibility index (Phi) is 6.92. The van der Waals surface area contributed by atoms with Crippen LogP contribution >= 0.6 is 0 Å². The largest absolute Gasteiger partial charge is 0.348 e. The molecular weight excluding hydrogens is 535 g/mol. The number of alkyl halides is 1. The molecule has 2 amide bonds. The van der Waals surface area contributed by atoms with Gasteiger partial charge in [0.25, 0.3) is 5.91 Å². The van der Waals surface area contributed by atoms with Crippen molar-refractivity contribution in [1.29, 1.82) is 0 Å². The average Bonchev–Trinajstić information content (AvgIpc) is 3.58. The summed E-state index contributed by atoms with van der Waals surface area (Å²) < 4.78 is 18.5. The van der Waals surface area contributed by atoms with Gasteiger partial charge in [-0.1, -0.05) is 12.8 Å². The fourth-order valence-corrected chi connectivity index (χ4v) is 6.58. The van der Waals surface area contributed by atoms with E-state index >= 15 is 0 Å². The molecule has 1 saturated heterocycles. The summed E-state index contributed by atoms with van der Waals surface area (Å²) in [6.45, 7) is 3.81. The Labute approximate surface area is 243 Å². The Morgan fingerprint density at radius 3 is 2.86 bits per heavy atom. The summed E-state index contributed by atoms with van der Waals surface area (Å²) >= 11 is 0. The maximum absolute atomic E-state index is 14.3. The van der Waals surface area contributed by atoms with E-state index in [0.717, 1.165) is 66.9 Å². The number of aryl methyl sites for hydroxylation is 2. The van der Waals surface area contributed by atoms with Crippen molar-refractivity contribution in [3.05, 3.63) is 41.7 Å². The first-order valence-corrected chi connectivity index (χ1v) is 15.2. The molecule has 1 saturated carbocycles. The lowest BCUT2D eigenvalue weighted by atomic mass is 10.1. The minimum atomic E-state index is -1.07. The van der Waals surface area contributed by atoms with Crippen LogP contribution < -0.4 is 16.0 Å². The zero-order valence-corrected chi connectivity index (χ0v) is 24.1. The Morgan fingerprint density at radius 2 is 2.00 bits per heavy atom. The summed E-state index contributed by atoms with van der Waals surface area (Å²) in [4.78, 5) is 40.3. The second-order valence-electron chi connectivity index (χ2n) is 12.2. The molecule has 7 rings (SSSR count). The smallest absolute Gasteiger partial charge is 0.253 e. The van der Waals surface area contributed by atoms with Gasteiger partial charge in [-0.2, -0.15) is 0 Å². The Morgan fingerprint density at radius 1 is 1.12 bits per heavy atom. The number of hydrogen-bond acceptors (Lipinski definition) is 6. The van der Waals surface area contributed by atoms with Gasteiger partial charge >= 0.3 is 0 Å². The molecule has 42 heavy (non-hydrogen) atoms. The highest BCUT2D eigenvalue weighted by Crippen LogP contribution is 2.43. The van der Waals surface area contributed by atoms with Gasteiger partial charge in [0.2, 0.25) is 5.91 Å². The molecule has 2 bridgehead atoms. The van der Waals surface area contributed by atoms with Crippen molar-refractivity contribution >= 4 is 34.0 Å². The minimum Gasteiger partial charge on any atom is -0.348 e. The first kappa shape index (κ1) is 27.0. The average molecular weight is 573 g/mol. The molecule has 0 radical (unpaired) electrons. The maximum Gasteiger partial charge on any atom is 0.253 e. The van der Waals surface area contributed by atoms with Gasteiger partial charge in [0.05, 0.1) is 29.0 Å². The molecule has 4 aromatic heterocycles. The third kappa shape index (κ3) is 4.93. The Hall–Kier alpha value is -3.86. The number of aromatic nitrogens is 5. The predicted octanol–water partition coefficient (Wildman–Crippen LogP) is 3.80. The van der Waals surface area contributed by atoms with Crippen molar-refractivity contribution in [2.24, 2.45) is 18.9 Å². The number of piperidine rings is 1. The number of hydrogen-bond donors (Lipinski definition) is 3. The quantitative estimate of drug-likeness (QED) is 0.344. The highest BCUT2D eigenvalue weighted by Gasteiger charge is 2.42. The zero-order valence-electron chi connectivity index (χ0n) is 24.1. The second kappa shape index (κ2) is 10.8. The van der Waals surface area contributed by atoms with E-state index in [1.54, 1.807) is 6.07 Å². The van der Waals surface area contributed by atoms with Crippen molar-refractivity contribution in [3.8, 4) is 11.5 Å². The van der Waals surface area contributed by atoms with Crippen LogP contribution in [0.5, 0.6) is 0 Å². The van der Waals surface area contributed by atoms with Crippen LogP contribution in [-0.4, -0.2) is 61.2 Å². The lowest BCUT2D eigenvalue weighted by molar-refractivity contribution is -0.123. The predicted molar refractivity (Wildman–Crippen MR) is 157 cm³/mol. The summed E-state index contributed by atoms with van der Waals surface area (Å²) in [5, 5.41) is 10.1. The molecule has 3 N–H and O–H groups in total. The lowest BCUT2D eigenvalue weighted by Crippen LogP contribution is -2.52. The standard InChI is InChI=1S/C31H37FN8O2/c1-17-23-8-7-19-14-26(40(27(19)36-23)11-5-3-4-6-18-12-21(18)31(42)35-17)29-37-24-13-20(15-34-28(24)39(29)2)30(41)38-25-16-33-10-9-22(25)32/h7-8,13-15,17-18,21-22,25,33H,3-6,9-12,16H2,1-2H3,(H,35,42)(H,38,41)/t17-,18-,21-,22+,25?/m1/s1. The first-order valence-electron chi connectivity index (χ1n) is 15.2. The van der Waals surface area contributed by atoms with E-state index in [1.165, 1.54) is 6.20 Å². The summed E-state index contributed by atoms with van der Waals surface area (Å²) in [5.41, 5.74) is 4.25. The van der Waals surface area contributed by atoms with E-state index in [-0.39, 0.29) is 23.8 Å². The van der Waals surface area contributed by atoms with Crippen molar-refractivity contribution in [2.75, 3.05) is 13.1 Å². The van der Waals surface area contributed by atoms with Gasteiger partial charge < -0.3 is 25.1 Å². The van der Waals surface area contributed by atoms with Crippen LogP contribution in [-0.2, 0) is 18.4 Å². The third-order valence-electron chi connectivity index (χ3n) is 9.20. The molecular formula is C31H37FN8O2. The lowest BCUT2D eigenvalue weighted by Gasteiger charge is -2.27. The topological polar surface area (TPSA) is 119 Å². The Bertz CT molecular complexity index is 1680. The first-order chi connectivity index (χ1) is 20.4. The van der Waals surface area contributed by atoms with Gasteiger partial charge in [0.15, 0.2) is 11.5 Å². The van der Waals surface area contributed by atoms with Crippen molar-refractivity contribution in [2.45, 2.75) is 70.2 Å². The number of amides is 2. The number of carbonyl (C=O) groups excluding carboxylic acids is 2. The zero-order chi connectivity index (χ0) is 29.0. The number of carbonyl (C=O) groups is 2. The molecule has 0 spiro atoms. The van der Waals surface area contributed by atoms with Crippen LogP contribution in [0.25, 0.3) is 33.7 Å². The van der Waals surface area contributed by atoms with Gasteiger partial charge in [0, 0.05) is 37.6 Å². The van der Waals surface area contributed by atoms with Crippen molar-refractivity contribution in [3.63, 3.8) is 0 Å². The fraction of sp³-hybridized carbons (Fsp3) is 0.516. The van der Waals surface area contributed by atoms with E-state index in [2.05, 4.69) is 37.6 Å². The van der Waals surface area contributed by atoms with Gasteiger partial charge in [-0.3, -0.25) is 9.59 Å². The molecule has 6 heterocycles. The summed E-state index contributed by atoms with van der Waals surface area (Å²) in [5.74, 6) is 1.18. The normalized spacial score (nSPS) is 26.5. The number of rotatable bonds is 3. The van der Waals surface area contributed by atoms with Crippen LogP contribution in [0.1, 0.15) is 67.5 Å². The molecule has 0 aromatic carbocycles. The highest BCUT2D eigenvalue weighted by molar-refractivity contribution is 5.97. The van der Waals surface area contributed by atoms with Gasteiger partial charge in [-0.25, -0.2) is 19.3 Å². The molecule has 1 unspecified atom stereocenters. The van der Waals surface area contributed by atoms with Crippen LogP contribution in [0.4, 0.5) is 4.39 Å². The van der Waals surface area contributed by atoms with Crippen LogP contribution in [0, 0.1) is 11.8 Å². The number of imidazole rings is 1. The van der Waals surface area contributed by atoms with Gasteiger partial charge in [0.1, 0.15) is 17.3 Å².